The summed E-state index contributed by atoms with van der Waals surface area (Å²) in [6, 6.07) is 11.9. The zero-order chi connectivity index (χ0) is 14.4. The highest BCUT2D eigenvalue weighted by Gasteiger charge is 2.07. The number of pyridine rings is 1. The zero-order valence-corrected chi connectivity index (χ0v) is 12.3. The van der Waals surface area contributed by atoms with Gasteiger partial charge in [0, 0.05) is 25.0 Å². The number of hydrogen-bond donors (Lipinski definition) is 2. The minimum atomic E-state index is -3.15. The molecule has 0 radical (unpaired) electrons. The van der Waals surface area contributed by atoms with Gasteiger partial charge in [-0.25, -0.2) is 13.1 Å². The lowest BCUT2D eigenvalue weighted by Gasteiger charge is -2.07. The largest absolute Gasteiger partial charge is 0.310 e. The van der Waals surface area contributed by atoms with Gasteiger partial charge >= 0.3 is 0 Å². The minimum Gasteiger partial charge on any atom is -0.310 e. The Balaban J connectivity index is 1.87. The highest BCUT2D eigenvalue weighted by atomic mass is 32.2. The van der Waals surface area contributed by atoms with E-state index in [0.29, 0.717) is 19.6 Å². The van der Waals surface area contributed by atoms with Crippen molar-refractivity contribution in [3.05, 3.63) is 42.1 Å². The van der Waals surface area contributed by atoms with Crippen molar-refractivity contribution in [2.75, 3.05) is 18.8 Å². The van der Waals surface area contributed by atoms with Gasteiger partial charge in [0.1, 0.15) is 0 Å². The van der Waals surface area contributed by atoms with Crippen LogP contribution in [0.25, 0.3) is 10.9 Å². The summed E-state index contributed by atoms with van der Waals surface area (Å²) in [7, 11) is -3.15. The molecule has 2 aromatic rings. The average Bonchev–Trinajstić information content (AvgIpc) is 2.43. The Hall–Kier alpha value is -1.50. The molecule has 2 rings (SSSR count). The van der Waals surface area contributed by atoms with Crippen LogP contribution in [0, 0.1) is 0 Å². The number of para-hydroxylation sites is 1. The summed E-state index contributed by atoms with van der Waals surface area (Å²) in [6.45, 7) is 3.16. The van der Waals surface area contributed by atoms with Crippen LogP contribution in [-0.4, -0.2) is 32.2 Å². The van der Waals surface area contributed by atoms with Crippen molar-refractivity contribution in [3.8, 4) is 0 Å². The number of sulfonamides is 1. The van der Waals surface area contributed by atoms with E-state index in [1.165, 1.54) is 0 Å². The molecular formula is C14H19N3O2S. The van der Waals surface area contributed by atoms with Crippen LogP contribution in [0.3, 0.4) is 0 Å². The molecule has 0 bridgehead atoms. The normalized spacial score (nSPS) is 11.8. The van der Waals surface area contributed by atoms with E-state index in [1.807, 2.05) is 36.4 Å². The van der Waals surface area contributed by atoms with Crippen LogP contribution < -0.4 is 10.0 Å². The average molecular weight is 293 g/mol. The van der Waals surface area contributed by atoms with Crippen molar-refractivity contribution in [1.29, 1.82) is 0 Å². The maximum absolute atomic E-state index is 11.4. The van der Waals surface area contributed by atoms with Gasteiger partial charge in [0.15, 0.2) is 0 Å². The molecule has 0 saturated heterocycles. The molecule has 0 aliphatic heterocycles. The van der Waals surface area contributed by atoms with Crippen LogP contribution >= 0.6 is 0 Å². The van der Waals surface area contributed by atoms with E-state index in [0.717, 1.165) is 16.6 Å². The molecule has 0 fully saturated rings. The van der Waals surface area contributed by atoms with E-state index >= 15 is 0 Å². The van der Waals surface area contributed by atoms with E-state index in [-0.39, 0.29) is 5.75 Å². The third kappa shape index (κ3) is 4.26. The first-order valence-electron chi connectivity index (χ1n) is 6.63. The van der Waals surface area contributed by atoms with Gasteiger partial charge in [0.25, 0.3) is 0 Å². The van der Waals surface area contributed by atoms with Gasteiger partial charge in [0.2, 0.25) is 10.0 Å². The predicted octanol–water partition coefficient (Wildman–Crippen LogP) is 1.26. The second-order valence-electron chi connectivity index (χ2n) is 4.49. The van der Waals surface area contributed by atoms with E-state index in [9.17, 15) is 8.42 Å². The van der Waals surface area contributed by atoms with Gasteiger partial charge in [-0.2, -0.15) is 0 Å². The fourth-order valence-electron chi connectivity index (χ4n) is 1.92. The standard InChI is InChI=1S/C14H19N3O2S/c1-2-16-20(18,19)10-9-15-11-13-8-7-12-5-3-4-6-14(12)17-13/h3-8,15-16H,2,9-11H2,1H3. The Morgan fingerprint density at radius 3 is 2.75 bits per heavy atom. The third-order valence-electron chi connectivity index (χ3n) is 2.87. The molecule has 0 amide bonds. The van der Waals surface area contributed by atoms with Gasteiger partial charge in [-0.15, -0.1) is 0 Å². The lowest BCUT2D eigenvalue weighted by Crippen LogP contribution is -2.31. The Morgan fingerprint density at radius 1 is 1.15 bits per heavy atom. The molecule has 1 aromatic heterocycles. The maximum atomic E-state index is 11.4. The Morgan fingerprint density at radius 2 is 1.95 bits per heavy atom. The van der Waals surface area contributed by atoms with Crippen LogP contribution in [0.5, 0.6) is 0 Å². The maximum Gasteiger partial charge on any atom is 0.212 e. The molecular weight excluding hydrogens is 274 g/mol. The number of nitrogens with one attached hydrogen (secondary N) is 2. The summed E-state index contributed by atoms with van der Waals surface area (Å²) >= 11 is 0. The van der Waals surface area contributed by atoms with Crippen molar-refractivity contribution < 1.29 is 8.42 Å². The molecule has 20 heavy (non-hydrogen) atoms. The lowest BCUT2D eigenvalue weighted by molar-refractivity contribution is 0.578. The van der Waals surface area contributed by atoms with Crippen LogP contribution in [0.2, 0.25) is 0 Å². The molecule has 108 valence electrons. The topological polar surface area (TPSA) is 71.1 Å². The molecule has 1 heterocycles. The number of benzene rings is 1. The van der Waals surface area contributed by atoms with Crippen LogP contribution in [0.4, 0.5) is 0 Å². The summed E-state index contributed by atoms with van der Waals surface area (Å²) in [5.41, 5.74) is 1.86. The van der Waals surface area contributed by atoms with Gasteiger partial charge in [-0.3, -0.25) is 4.98 Å². The number of nitrogens with zero attached hydrogens (tertiary/aromatic N) is 1. The molecule has 6 heteroatoms. The predicted molar refractivity (Wildman–Crippen MR) is 80.9 cm³/mol. The molecule has 1 aromatic carbocycles. The second kappa shape index (κ2) is 6.78. The third-order valence-corrected chi connectivity index (χ3v) is 4.34. The summed E-state index contributed by atoms with van der Waals surface area (Å²) in [6.07, 6.45) is 0. The number of fused-ring (bicyclic) bond motifs is 1. The van der Waals surface area contributed by atoms with Crippen molar-refractivity contribution >= 4 is 20.9 Å². The van der Waals surface area contributed by atoms with Gasteiger partial charge in [-0.05, 0) is 12.1 Å². The van der Waals surface area contributed by atoms with E-state index in [4.69, 9.17) is 0 Å². The molecule has 0 aliphatic rings. The summed E-state index contributed by atoms with van der Waals surface area (Å²) in [4.78, 5) is 4.52. The molecule has 0 atom stereocenters. The minimum absolute atomic E-state index is 0.0778. The number of rotatable bonds is 7. The zero-order valence-electron chi connectivity index (χ0n) is 11.5. The van der Waals surface area contributed by atoms with Crippen LogP contribution in [-0.2, 0) is 16.6 Å². The van der Waals surface area contributed by atoms with Crippen LogP contribution in [0.15, 0.2) is 36.4 Å². The highest BCUT2D eigenvalue weighted by molar-refractivity contribution is 7.89. The SMILES string of the molecule is CCNS(=O)(=O)CCNCc1ccc2ccccc2n1. The van der Waals surface area contributed by atoms with E-state index in [2.05, 4.69) is 15.0 Å². The molecule has 0 spiro atoms. The van der Waals surface area contributed by atoms with Crippen molar-refractivity contribution in [2.24, 2.45) is 0 Å². The molecule has 5 nitrogen and oxygen atoms in total. The number of aromatic nitrogens is 1. The molecule has 0 saturated carbocycles. The molecule has 2 N–H and O–H groups in total. The smallest absolute Gasteiger partial charge is 0.212 e. The van der Waals surface area contributed by atoms with Gasteiger partial charge in [0.05, 0.1) is 17.0 Å². The van der Waals surface area contributed by atoms with E-state index < -0.39 is 10.0 Å². The first-order chi connectivity index (χ1) is 9.61. The Labute approximate surface area is 119 Å². The molecule has 0 aliphatic carbocycles. The van der Waals surface area contributed by atoms with Crippen molar-refractivity contribution in [2.45, 2.75) is 13.5 Å². The lowest BCUT2D eigenvalue weighted by atomic mass is 10.2. The summed E-state index contributed by atoms with van der Waals surface area (Å²) in [5, 5.41) is 4.20. The number of hydrogen-bond acceptors (Lipinski definition) is 4. The van der Waals surface area contributed by atoms with Crippen LogP contribution in [0.1, 0.15) is 12.6 Å². The monoisotopic (exact) mass is 293 g/mol. The van der Waals surface area contributed by atoms with Crippen molar-refractivity contribution in [3.63, 3.8) is 0 Å². The van der Waals surface area contributed by atoms with E-state index in [1.54, 1.807) is 6.92 Å². The summed E-state index contributed by atoms with van der Waals surface area (Å²) in [5.74, 6) is 0.0778. The Kier molecular flexibility index (Phi) is 5.05. The summed E-state index contributed by atoms with van der Waals surface area (Å²) < 4.78 is 25.4. The first-order valence-corrected chi connectivity index (χ1v) is 8.28. The fraction of sp³-hybridized carbons (Fsp3) is 0.357. The second-order valence-corrected chi connectivity index (χ2v) is 6.42. The highest BCUT2D eigenvalue weighted by Crippen LogP contribution is 2.11. The van der Waals surface area contributed by atoms with Gasteiger partial charge < -0.3 is 5.32 Å². The molecule has 0 unspecified atom stereocenters. The first kappa shape index (κ1) is 14.9. The van der Waals surface area contributed by atoms with Gasteiger partial charge in [-0.1, -0.05) is 31.2 Å². The quantitative estimate of drug-likeness (QED) is 0.754. The van der Waals surface area contributed by atoms with Crippen molar-refractivity contribution in [1.82, 2.24) is 15.0 Å². The fourth-order valence-corrected chi connectivity index (χ4v) is 2.92. The Bertz CT molecular complexity index is 671.